The smallest absolute Gasteiger partial charge is 0.305 e. The van der Waals surface area contributed by atoms with Gasteiger partial charge in [-0.05, 0) is 63.5 Å². The van der Waals surface area contributed by atoms with Crippen LogP contribution in [-0.4, -0.2) is 91.4 Å². The van der Waals surface area contributed by atoms with E-state index in [1.165, 1.54) is 0 Å². The van der Waals surface area contributed by atoms with Gasteiger partial charge in [-0.25, -0.2) is 8.78 Å². The molecule has 0 spiro atoms. The lowest BCUT2D eigenvalue weighted by molar-refractivity contribution is -0.145. The molecular formula is C30H56F2N2O5. The molecule has 7 nitrogen and oxygen atoms in total. The molecule has 1 aliphatic rings. The van der Waals surface area contributed by atoms with Gasteiger partial charge >= 0.3 is 11.9 Å². The zero-order chi connectivity index (χ0) is 29.1. The van der Waals surface area contributed by atoms with E-state index in [4.69, 9.17) is 9.47 Å². The summed E-state index contributed by atoms with van der Waals surface area (Å²) in [5, 5.41) is 9.58. The highest BCUT2D eigenvalue weighted by atomic mass is 19.3. The summed E-state index contributed by atoms with van der Waals surface area (Å²) in [6.07, 6.45) is 7.06. The predicted molar refractivity (Wildman–Crippen MR) is 151 cm³/mol. The molecule has 39 heavy (non-hydrogen) atoms. The molecule has 0 atom stereocenters. The van der Waals surface area contributed by atoms with Gasteiger partial charge in [0.1, 0.15) is 0 Å². The van der Waals surface area contributed by atoms with Crippen molar-refractivity contribution in [3.8, 4) is 0 Å². The molecule has 0 aromatic carbocycles. The number of alkyl halides is 2. The number of aliphatic hydroxyl groups excluding tert-OH is 1. The first-order valence-corrected chi connectivity index (χ1v) is 15.3. The number of hydrogen-bond acceptors (Lipinski definition) is 7. The first-order chi connectivity index (χ1) is 18.5. The number of aliphatic hydroxyl groups is 1. The van der Waals surface area contributed by atoms with Gasteiger partial charge in [0, 0.05) is 51.4 Å². The molecule has 1 fully saturated rings. The van der Waals surface area contributed by atoms with Crippen molar-refractivity contribution >= 4 is 11.9 Å². The van der Waals surface area contributed by atoms with E-state index in [9.17, 15) is 23.5 Å². The molecule has 1 aliphatic carbocycles. The Balaban J connectivity index is 2.49. The Morgan fingerprint density at radius 1 is 0.769 bits per heavy atom. The third-order valence-electron chi connectivity index (χ3n) is 7.16. The van der Waals surface area contributed by atoms with Crippen molar-refractivity contribution in [2.45, 2.75) is 117 Å². The van der Waals surface area contributed by atoms with Crippen LogP contribution >= 0.6 is 0 Å². The van der Waals surface area contributed by atoms with Gasteiger partial charge in [0.2, 0.25) is 5.92 Å². The van der Waals surface area contributed by atoms with E-state index in [2.05, 4.69) is 9.80 Å². The highest BCUT2D eigenvalue weighted by Gasteiger charge is 2.36. The number of carbonyl (C=O) groups is 2. The quantitative estimate of drug-likeness (QED) is 0.134. The topological polar surface area (TPSA) is 79.3 Å². The molecule has 0 aromatic heterocycles. The molecule has 9 heteroatoms. The molecule has 0 radical (unpaired) electrons. The van der Waals surface area contributed by atoms with Crippen LogP contribution in [-0.2, 0) is 19.1 Å². The molecule has 0 saturated heterocycles. The Morgan fingerprint density at radius 2 is 1.26 bits per heavy atom. The normalized spacial score (nSPS) is 16.0. The molecular weight excluding hydrogens is 506 g/mol. The fourth-order valence-electron chi connectivity index (χ4n) is 4.83. The van der Waals surface area contributed by atoms with Crippen molar-refractivity contribution in [3.63, 3.8) is 0 Å². The van der Waals surface area contributed by atoms with E-state index in [0.29, 0.717) is 57.3 Å². The second kappa shape index (κ2) is 20.5. The Labute approximate surface area is 236 Å². The predicted octanol–water partition coefficient (Wildman–Crippen LogP) is 5.68. The summed E-state index contributed by atoms with van der Waals surface area (Å²) in [7, 11) is 0. The number of unbranched alkanes of at least 4 members (excludes halogenated alkanes) is 4. The summed E-state index contributed by atoms with van der Waals surface area (Å²) >= 11 is 0. The van der Waals surface area contributed by atoms with Crippen molar-refractivity contribution in [1.29, 1.82) is 0 Å². The van der Waals surface area contributed by atoms with Crippen molar-refractivity contribution in [3.05, 3.63) is 0 Å². The molecule has 1 N–H and O–H groups in total. The molecule has 0 aromatic rings. The number of rotatable bonds is 22. The average Bonchev–Trinajstić information content (AvgIpc) is 2.87. The van der Waals surface area contributed by atoms with Crippen molar-refractivity contribution in [2.24, 2.45) is 11.8 Å². The molecule has 1 saturated carbocycles. The van der Waals surface area contributed by atoms with Crippen LogP contribution < -0.4 is 0 Å². The van der Waals surface area contributed by atoms with Crippen molar-refractivity contribution in [1.82, 2.24) is 9.80 Å². The third kappa shape index (κ3) is 18.6. The van der Waals surface area contributed by atoms with E-state index in [0.717, 1.165) is 64.7 Å². The van der Waals surface area contributed by atoms with Crippen LogP contribution in [0.1, 0.15) is 105 Å². The minimum absolute atomic E-state index is 0.0205. The van der Waals surface area contributed by atoms with E-state index in [-0.39, 0.29) is 37.4 Å². The van der Waals surface area contributed by atoms with E-state index in [1.807, 2.05) is 27.7 Å². The lowest BCUT2D eigenvalue weighted by Gasteiger charge is -2.37. The van der Waals surface area contributed by atoms with Crippen molar-refractivity contribution in [2.75, 3.05) is 52.5 Å². The van der Waals surface area contributed by atoms with Gasteiger partial charge in [-0.1, -0.05) is 40.5 Å². The summed E-state index contributed by atoms with van der Waals surface area (Å²) in [6.45, 7) is 12.9. The van der Waals surface area contributed by atoms with Crippen molar-refractivity contribution < 1.29 is 33.0 Å². The van der Waals surface area contributed by atoms with Gasteiger partial charge in [-0.3, -0.25) is 14.5 Å². The van der Waals surface area contributed by atoms with Gasteiger partial charge in [-0.2, -0.15) is 0 Å². The van der Waals surface area contributed by atoms with Crippen LogP contribution in [0.2, 0.25) is 0 Å². The lowest BCUT2D eigenvalue weighted by atomic mass is 9.91. The maximum Gasteiger partial charge on any atom is 0.305 e. The maximum absolute atomic E-state index is 13.7. The zero-order valence-corrected chi connectivity index (χ0v) is 25.1. The number of nitrogens with zero attached hydrogens (tertiary/aromatic N) is 2. The highest BCUT2D eigenvalue weighted by Crippen LogP contribution is 2.35. The van der Waals surface area contributed by atoms with Crippen LogP contribution in [0.25, 0.3) is 0 Å². The lowest BCUT2D eigenvalue weighted by Crippen LogP contribution is -2.45. The van der Waals surface area contributed by atoms with Crippen LogP contribution in [0.15, 0.2) is 0 Å². The molecule has 0 aliphatic heterocycles. The summed E-state index contributed by atoms with van der Waals surface area (Å²) < 4.78 is 37.8. The monoisotopic (exact) mass is 562 g/mol. The SMILES string of the molecule is CC(C)COC(=O)CCCCCN(CCCCCC(=O)OCC(C)C)CCN(CCO)C1CCC(F)(F)CC1. The fourth-order valence-corrected chi connectivity index (χ4v) is 4.83. The molecule has 0 bridgehead atoms. The molecule has 0 heterocycles. The second-order valence-corrected chi connectivity index (χ2v) is 12.0. The second-order valence-electron chi connectivity index (χ2n) is 12.0. The number of halogens is 2. The Morgan fingerprint density at radius 3 is 1.69 bits per heavy atom. The number of carbonyl (C=O) groups excluding carboxylic acids is 2. The minimum atomic E-state index is -2.56. The number of esters is 2. The highest BCUT2D eigenvalue weighted by molar-refractivity contribution is 5.69. The van der Waals surface area contributed by atoms with Gasteiger partial charge in [0.15, 0.2) is 0 Å². The van der Waals surface area contributed by atoms with E-state index in [1.54, 1.807) is 0 Å². The number of hydrogen-bond donors (Lipinski definition) is 1. The number of ether oxygens (including phenoxy) is 2. The van der Waals surface area contributed by atoms with Gasteiger partial charge < -0.3 is 19.5 Å². The van der Waals surface area contributed by atoms with Crippen LogP contribution in [0.5, 0.6) is 0 Å². The molecule has 0 unspecified atom stereocenters. The Kier molecular flexibility index (Phi) is 18.8. The van der Waals surface area contributed by atoms with Crippen LogP contribution in [0.4, 0.5) is 8.78 Å². The zero-order valence-electron chi connectivity index (χ0n) is 25.1. The first-order valence-electron chi connectivity index (χ1n) is 15.3. The molecule has 1 rings (SSSR count). The minimum Gasteiger partial charge on any atom is -0.465 e. The largest absolute Gasteiger partial charge is 0.465 e. The fraction of sp³-hybridized carbons (Fsp3) is 0.933. The molecule has 0 amide bonds. The standard InChI is InChI=1S/C30H56F2N2O5/c1-25(2)23-38-28(36)11-7-5-9-17-33(18-10-6-8-12-29(37)39-24-26(3)4)19-20-34(21-22-35)27-13-15-30(31,32)16-14-27/h25-27,35H,5-24H2,1-4H3. The van der Waals surface area contributed by atoms with Gasteiger partial charge in [0.05, 0.1) is 19.8 Å². The van der Waals surface area contributed by atoms with E-state index >= 15 is 0 Å². The van der Waals surface area contributed by atoms with Gasteiger partial charge in [-0.15, -0.1) is 0 Å². The summed E-state index contributed by atoms with van der Waals surface area (Å²) in [5.41, 5.74) is 0. The van der Waals surface area contributed by atoms with Gasteiger partial charge in [0.25, 0.3) is 0 Å². The summed E-state index contributed by atoms with van der Waals surface area (Å²) in [5.74, 6) is -2.15. The van der Waals surface area contributed by atoms with Crippen LogP contribution in [0.3, 0.4) is 0 Å². The van der Waals surface area contributed by atoms with E-state index < -0.39 is 5.92 Å². The first kappa shape index (κ1) is 35.7. The third-order valence-corrected chi connectivity index (χ3v) is 7.16. The van der Waals surface area contributed by atoms with Crippen LogP contribution in [0, 0.1) is 11.8 Å². The summed E-state index contributed by atoms with van der Waals surface area (Å²) in [4.78, 5) is 28.3. The Hall–Kier alpha value is -1.32. The summed E-state index contributed by atoms with van der Waals surface area (Å²) in [6, 6.07) is 0.0901. The Bertz CT molecular complexity index is 619. The average molecular weight is 563 g/mol. The molecule has 230 valence electrons. The maximum atomic E-state index is 13.7.